The molecule has 1 aromatic rings. The molecule has 1 N–H and O–H groups in total. The molecule has 0 aliphatic rings. The lowest BCUT2D eigenvalue weighted by atomic mass is 10.1. The Balaban J connectivity index is 2.75. The van der Waals surface area contributed by atoms with E-state index < -0.39 is 0 Å². The Hall–Kier alpha value is -1.36. The molecule has 1 heterocycles. The van der Waals surface area contributed by atoms with Gasteiger partial charge < -0.3 is 14.6 Å². The second-order valence-electron chi connectivity index (χ2n) is 5.33. The molecule has 0 saturated heterocycles. The van der Waals surface area contributed by atoms with Gasteiger partial charge in [0.05, 0.1) is 13.2 Å². The van der Waals surface area contributed by atoms with Crippen molar-refractivity contribution in [3.8, 4) is 0 Å². The van der Waals surface area contributed by atoms with E-state index in [9.17, 15) is 4.79 Å². The number of carbonyl (C=O) groups is 1. The fourth-order valence-corrected chi connectivity index (χ4v) is 2.12. The normalized spacial score (nSPS) is 12.7. The van der Waals surface area contributed by atoms with Crippen LogP contribution in [0.2, 0.25) is 0 Å². The van der Waals surface area contributed by atoms with E-state index >= 15 is 0 Å². The quantitative estimate of drug-likeness (QED) is 0.707. The van der Waals surface area contributed by atoms with Crippen molar-refractivity contribution in [2.24, 2.45) is 5.92 Å². The highest BCUT2D eigenvalue weighted by molar-refractivity contribution is 5.74. The van der Waals surface area contributed by atoms with Gasteiger partial charge in [-0.05, 0) is 25.8 Å². The van der Waals surface area contributed by atoms with E-state index in [0.717, 1.165) is 25.2 Å². The summed E-state index contributed by atoms with van der Waals surface area (Å²) < 4.78 is 7.11. The summed E-state index contributed by atoms with van der Waals surface area (Å²) in [6, 6.07) is -0.265. The molecule has 1 atom stereocenters. The standard InChI is InChI=1S/C15H27N3O2/c1-5-7-13(15(19)20-6-2)18-9-8-17-14(18)11-16-10-12(3)4/h8-9,12-13,16H,5-7,10-11H2,1-4H3. The predicted octanol–water partition coefficient (Wildman–Crippen LogP) is 2.53. The SMILES string of the molecule is CCCC(C(=O)OCC)n1ccnc1CNCC(C)C. The van der Waals surface area contributed by atoms with Crippen LogP contribution in [-0.4, -0.2) is 28.7 Å². The number of hydrogen-bond donors (Lipinski definition) is 1. The molecule has 0 radical (unpaired) electrons. The van der Waals surface area contributed by atoms with Crippen LogP contribution in [0.15, 0.2) is 12.4 Å². The summed E-state index contributed by atoms with van der Waals surface area (Å²) in [4.78, 5) is 16.4. The van der Waals surface area contributed by atoms with Crippen molar-refractivity contribution in [2.45, 2.75) is 53.1 Å². The maximum absolute atomic E-state index is 12.1. The van der Waals surface area contributed by atoms with E-state index in [0.29, 0.717) is 19.1 Å². The Morgan fingerprint density at radius 2 is 2.20 bits per heavy atom. The average Bonchev–Trinajstić information content (AvgIpc) is 2.84. The minimum atomic E-state index is -0.265. The monoisotopic (exact) mass is 281 g/mol. The van der Waals surface area contributed by atoms with Gasteiger partial charge in [0.2, 0.25) is 0 Å². The second kappa shape index (κ2) is 8.74. The van der Waals surface area contributed by atoms with Gasteiger partial charge in [-0.1, -0.05) is 27.2 Å². The first-order valence-corrected chi connectivity index (χ1v) is 7.49. The summed E-state index contributed by atoms with van der Waals surface area (Å²) in [6.45, 7) is 10.2. The Morgan fingerprint density at radius 3 is 2.80 bits per heavy atom. The zero-order valence-corrected chi connectivity index (χ0v) is 13.1. The smallest absolute Gasteiger partial charge is 0.329 e. The lowest BCUT2D eigenvalue weighted by molar-refractivity contribution is -0.147. The lowest BCUT2D eigenvalue weighted by Gasteiger charge is -2.19. The summed E-state index contributed by atoms with van der Waals surface area (Å²) in [5.41, 5.74) is 0. The highest BCUT2D eigenvalue weighted by Gasteiger charge is 2.22. The zero-order chi connectivity index (χ0) is 15.0. The molecule has 0 spiro atoms. The van der Waals surface area contributed by atoms with Gasteiger partial charge >= 0.3 is 5.97 Å². The van der Waals surface area contributed by atoms with Crippen molar-refractivity contribution < 1.29 is 9.53 Å². The van der Waals surface area contributed by atoms with Gasteiger partial charge in [-0.15, -0.1) is 0 Å². The van der Waals surface area contributed by atoms with E-state index in [-0.39, 0.29) is 12.0 Å². The third kappa shape index (κ3) is 4.96. The summed E-state index contributed by atoms with van der Waals surface area (Å²) in [5.74, 6) is 1.31. The first-order valence-electron chi connectivity index (χ1n) is 7.49. The predicted molar refractivity (Wildman–Crippen MR) is 79.3 cm³/mol. The molecule has 0 fully saturated rings. The number of rotatable bonds is 9. The first kappa shape index (κ1) is 16.7. The van der Waals surface area contributed by atoms with Gasteiger partial charge in [0.15, 0.2) is 0 Å². The minimum absolute atomic E-state index is 0.169. The number of imidazole rings is 1. The summed E-state index contributed by atoms with van der Waals surface area (Å²) >= 11 is 0. The maximum Gasteiger partial charge on any atom is 0.329 e. The van der Waals surface area contributed by atoms with Crippen LogP contribution >= 0.6 is 0 Å². The number of esters is 1. The second-order valence-corrected chi connectivity index (χ2v) is 5.33. The van der Waals surface area contributed by atoms with Crippen LogP contribution in [0, 0.1) is 5.92 Å². The topological polar surface area (TPSA) is 56.2 Å². The summed E-state index contributed by atoms with van der Waals surface area (Å²) in [5, 5.41) is 3.36. The number of carbonyl (C=O) groups excluding carboxylic acids is 1. The van der Waals surface area contributed by atoms with Crippen LogP contribution < -0.4 is 5.32 Å². The molecule has 5 heteroatoms. The van der Waals surface area contributed by atoms with E-state index in [1.807, 2.05) is 17.7 Å². The summed E-state index contributed by atoms with van der Waals surface area (Å²) in [7, 11) is 0. The Labute approximate surface area is 121 Å². The lowest BCUT2D eigenvalue weighted by Crippen LogP contribution is -2.26. The minimum Gasteiger partial charge on any atom is -0.464 e. The van der Waals surface area contributed by atoms with Crippen molar-refractivity contribution >= 4 is 5.97 Å². The highest BCUT2D eigenvalue weighted by Crippen LogP contribution is 2.18. The van der Waals surface area contributed by atoms with Crippen molar-refractivity contribution in [2.75, 3.05) is 13.2 Å². The fourth-order valence-electron chi connectivity index (χ4n) is 2.12. The third-order valence-corrected chi connectivity index (χ3v) is 3.04. The summed E-state index contributed by atoms with van der Waals surface area (Å²) in [6.07, 6.45) is 5.31. The zero-order valence-electron chi connectivity index (χ0n) is 13.1. The number of hydrogen-bond acceptors (Lipinski definition) is 4. The van der Waals surface area contributed by atoms with Crippen LogP contribution in [-0.2, 0) is 16.1 Å². The van der Waals surface area contributed by atoms with Crippen molar-refractivity contribution in [1.82, 2.24) is 14.9 Å². The van der Waals surface area contributed by atoms with Crippen molar-refractivity contribution in [3.63, 3.8) is 0 Å². The van der Waals surface area contributed by atoms with Crippen LogP contribution in [0.3, 0.4) is 0 Å². The molecule has 0 bridgehead atoms. The van der Waals surface area contributed by atoms with Crippen molar-refractivity contribution in [1.29, 1.82) is 0 Å². The molecule has 0 aromatic carbocycles. The van der Waals surface area contributed by atoms with Crippen molar-refractivity contribution in [3.05, 3.63) is 18.2 Å². The third-order valence-electron chi connectivity index (χ3n) is 3.04. The Morgan fingerprint density at radius 1 is 1.45 bits per heavy atom. The van der Waals surface area contributed by atoms with E-state index in [1.54, 1.807) is 6.20 Å². The van der Waals surface area contributed by atoms with Gasteiger partial charge in [-0.2, -0.15) is 0 Å². The fraction of sp³-hybridized carbons (Fsp3) is 0.733. The molecular formula is C15H27N3O2. The van der Waals surface area contributed by atoms with Gasteiger partial charge in [0.25, 0.3) is 0 Å². The molecule has 114 valence electrons. The first-order chi connectivity index (χ1) is 9.60. The van der Waals surface area contributed by atoms with Crippen LogP contribution in [0.1, 0.15) is 52.4 Å². The average molecular weight is 281 g/mol. The Bertz CT molecular complexity index is 402. The van der Waals surface area contributed by atoms with E-state index in [4.69, 9.17) is 4.74 Å². The van der Waals surface area contributed by atoms with Crippen LogP contribution in [0.4, 0.5) is 0 Å². The molecule has 1 aromatic heterocycles. The maximum atomic E-state index is 12.1. The molecule has 20 heavy (non-hydrogen) atoms. The molecular weight excluding hydrogens is 254 g/mol. The number of nitrogens with zero attached hydrogens (tertiary/aromatic N) is 2. The van der Waals surface area contributed by atoms with Gasteiger partial charge in [0.1, 0.15) is 11.9 Å². The molecule has 1 rings (SSSR count). The largest absolute Gasteiger partial charge is 0.464 e. The number of aromatic nitrogens is 2. The van der Waals surface area contributed by atoms with E-state index in [1.165, 1.54) is 0 Å². The number of nitrogens with one attached hydrogen (secondary N) is 1. The molecule has 0 amide bonds. The van der Waals surface area contributed by atoms with Crippen LogP contribution in [0.25, 0.3) is 0 Å². The molecule has 0 aliphatic carbocycles. The van der Waals surface area contributed by atoms with E-state index in [2.05, 4.69) is 31.1 Å². The van der Waals surface area contributed by atoms with Gasteiger partial charge in [0, 0.05) is 12.4 Å². The highest BCUT2D eigenvalue weighted by atomic mass is 16.5. The van der Waals surface area contributed by atoms with Gasteiger partial charge in [-0.3, -0.25) is 0 Å². The molecule has 1 unspecified atom stereocenters. The molecule has 0 saturated carbocycles. The molecule has 0 aliphatic heterocycles. The molecule has 5 nitrogen and oxygen atoms in total. The van der Waals surface area contributed by atoms with Gasteiger partial charge in [-0.25, -0.2) is 9.78 Å². The number of ether oxygens (including phenoxy) is 1. The Kier molecular flexibility index (Phi) is 7.30. The van der Waals surface area contributed by atoms with Crippen LogP contribution in [0.5, 0.6) is 0 Å².